The lowest BCUT2D eigenvalue weighted by Gasteiger charge is -2.14. The molecule has 1 amide bonds. The van der Waals surface area contributed by atoms with Crippen LogP contribution in [0.2, 0.25) is 5.02 Å². The summed E-state index contributed by atoms with van der Waals surface area (Å²) < 4.78 is 1.62. The average molecular weight is 432 g/mol. The summed E-state index contributed by atoms with van der Waals surface area (Å²) in [4.78, 5) is 42.7. The molecular formula is C24H18ClN3O3. The fourth-order valence-corrected chi connectivity index (χ4v) is 3.48. The van der Waals surface area contributed by atoms with Crippen LogP contribution in [0.5, 0.6) is 0 Å². The molecule has 31 heavy (non-hydrogen) atoms. The minimum Gasteiger partial charge on any atom is -0.337 e. The monoisotopic (exact) mass is 431 g/mol. The van der Waals surface area contributed by atoms with Crippen molar-refractivity contribution in [2.75, 3.05) is 5.32 Å². The van der Waals surface area contributed by atoms with Crippen molar-refractivity contribution in [1.82, 2.24) is 9.55 Å². The van der Waals surface area contributed by atoms with E-state index in [1.54, 1.807) is 53.1 Å². The summed E-state index contributed by atoms with van der Waals surface area (Å²) >= 11 is 5.89. The first-order valence-electron chi connectivity index (χ1n) is 9.56. The number of carbonyl (C=O) groups is 2. The second kappa shape index (κ2) is 8.53. The summed E-state index contributed by atoms with van der Waals surface area (Å²) in [7, 11) is 0. The van der Waals surface area contributed by atoms with Crippen molar-refractivity contribution in [2.45, 2.75) is 13.5 Å². The maximum Gasteiger partial charge on any atom is 0.244 e. The minimum absolute atomic E-state index is 0.00333. The summed E-state index contributed by atoms with van der Waals surface area (Å²) in [6, 6.07) is 15.2. The molecule has 7 heteroatoms. The predicted octanol–water partition coefficient (Wildman–Crippen LogP) is 4.23. The molecule has 6 nitrogen and oxygen atoms in total. The normalized spacial score (nSPS) is 10.8. The fourth-order valence-electron chi connectivity index (χ4n) is 3.35. The van der Waals surface area contributed by atoms with Crippen molar-refractivity contribution in [1.29, 1.82) is 0 Å². The van der Waals surface area contributed by atoms with Crippen LogP contribution in [0.1, 0.15) is 21.5 Å². The van der Waals surface area contributed by atoms with Crippen LogP contribution < -0.4 is 10.7 Å². The van der Waals surface area contributed by atoms with Crippen molar-refractivity contribution < 1.29 is 9.59 Å². The van der Waals surface area contributed by atoms with Gasteiger partial charge in [0.05, 0.1) is 11.1 Å². The molecular weight excluding hydrogens is 414 g/mol. The third-order valence-electron chi connectivity index (χ3n) is 4.86. The summed E-state index contributed by atoms with van der Waals surface area (Å²) in [5, 5.41) is 3.76. The van der Waals surface area contributed by atoms with Crippen LogP contribution in [0.3, 0.4) is 0 Å². The number of nitrogens with one attached hydrogen (secondary N) is 1. The third kappa shape index (κ3) is 4.39. The lowest BCUT2D eigenvalue weighted by Crippen LogP contribution is -2.24. The van der Waals surface area contributed by atoms with Crippen LogP contribution in [0.4, 0.5) is 5.69 Å². The van der Waals surface area contributed by atoms with Gasteiger partial charge in [0.15, 0.2) is 5.78 Å². The van der Waals surface area contributed by atoms with Gasteiger partial charge in [-0.25, -0.2) is 0 Å². The van der Waals surface area contributed by atoms with Crippen molar-refractivity contribution in [2.24, 2.45) is 0 Å². The highest BCUT2D eigenvalue weighted by atomic mass is 35.5. The lowest BCUT2D eigenvalue weighted by molar-refractivity contribution is -0.116. The molecule has 4 rings (SSSR count). The minimum atomic E-state index is -0.414. The number of nitrogens with zero attached hydrogens (tertiary/aromatic N) is 2. The number of halogens is 1. The van der Waals surface area contributed by atoms with E-state index in [0.717, 1.165) is 5.56 Å². The van der Waals surface area contributed by atoms with Gasteiger partial charge in [-0.1, -0.05) is 23.2 Å². The number of pyridine rings is 2. The molecule has 0 spiro atoms. The van der Waals surface area contributed by atoms with Crippen molar-refractivity contribution in [3.8, 4) is 0 Å². The van der Waals surface area contributed by atoms with Crippen LogP contribution in [0, 0.1) is 6.92 Å². The number of rotatable bonds is 5. The first kappa shape index (κ1) is 20.5. The fraction of sp³-hybridized carbons (Fsp3) is 0.0833. The summed E-state index contributed by atoms with van der Waals surface area (Å²) in [6.45, 7) is 1.80. The highest BCUT2D eigenvalue weighted by molar-refractivity contribution is 6.30. The number of amides is 1. The molecule has 154 valence electrons. The Balaban J connectivity index is 1.76. The zero-order valence-corrected chi connectivity index (χ0v) is 17.4. The van der Waals surface area contributed by atoms with Gasteiger partial charge in [-0.2, -0.15) is 0 Å². The van der Waals surface area contributed by atoms with Gasteiger partial charge >= 0.3 is 0 Å². The topological polar surface area (TPSA) is 81.1 Å². The van der Waals surface area contributed by atoms with Crippen LogP contribution in [0.25, 0.3) is 10.9 Å². The number of benzene rings is 2. The Morgan fingerprint density at radius 3 is 2.45 bits per heavy atom. The first-order valence-corrected chi connectivity index (χ1v) is 9.94. The van der Waals surface area contributed by atoms with Crippen molar-refractivity contribution in [3.63, 3.8) is 0 Å². The number of anilines is 1. The molecule has 0 radical (unpaired) electrons. The Morgan fingerprint density at radius 2 is 1.74 bits per heavy atom. The zero-order valence-electron chi connectivity index (χ0n) is 16.6. The molecule has 2 aromatic heterocycles. The molecule has 0 aliphatic carbocycles. The van der Waals surface area contributed by atoms with Gasteiger partial charge in [0.25, 0.3) is 0 Å². The van der Waals surface area contributed by atoms with Gasteiger partial charge in [0, 0.05) is 40.3 Å². The van der Waals surface area contributed by atoms with Crippen LogP contribution in [-0.2, 0) is 11.3 Å². The molecule has 0 bridgehead atoms. The van der Waals surface area contributed by atoms with Gasteiger partial charge in [0.1, 0.15) is 6.54 Å². The highest BCUT2D eigenvalue weighted by Gasteiger charge is 2.18. The number of ketones is 1. The van der Waals surface area contributed by atoms with Gasteiger partial charge in [-0.3, -0.25) is 19.4 Å². The molecule has 0 fully saturated rings. The van der Waals surface area contributed by atoms with Crippen LogP contribution >= 0.6 is 11.6 Å². The molecule has 0 atom stereocenters. The maximum atomic E-state index is 13.1. The highest BCUT2D eigenvalue weighted by Crippen LogP contribution is 2.17. The molecule has 0 aliphatic heterocycles. The maximum absolute atomic E-state index is 13.1. The molecule has 2 heterocycles. The smallest absolute Gasteiger partial charge is 0.244 e. The van der Waals surface area contributed by atoms with Crippen molar-refractivity contribution >= 4 is 39.9 Å². The number of aryl methyl sites for hydroxylation is 1. The van der Waals surface area contributed by atoms with E-state index >= 15 is 0 Å². The first-order chi connectivity index (χ1) is 14.9. The summed E-state index contributed by atoms with van der Waals surface area (Å²) in [6.07, 6.45) is 4.44. The molecule has 0 saturated heterocycles. The second-order valence-corrected chi connectivity index (χ2v) is 7.58. The number of hydrogen-bond acceptors (Lipinski definition) is 4. The van der Waals surface area contributed by atoms with E-state index in [1.165, 1.54) is 18.6 Å². The average Bonchev–Trinajstić information content (AvgIpc) is 2.77. The van der Waals surface area contributed by atoms with Crippen LogP contribution in [0.15, 0.2) is 78.0 Å². The van der Waals surface area contributed by atoms with Gasteiger partial charge in [0.2, 0.25) is 11.3 Å². The van der Waals surface area contributed by atoms with E-state index < -0.39 is 5.78 Å². The van der Waals surface area contributed by atoms with E-state index in [-0.39, 0.29) is 23.4 Å². The van der Waals surface area contributed by atoms with E-state index in [9.17, 15) is 14.4 Å². The van der Waals surface area contributed by atoms with Crippen LogP contribution in [-0.4, -0.2) is 21.2 Å². The number of fused-ring (bicyclic) bond motifs is 1. The standard InChI is InChI=1S/C24H18ClN3O3/c1-15-2-7-21-19(12-15)24(31)20(23(30)16-8-10-26-11-9-16)13-28(21)14-22(29)27-18-5-3-17(25)4-6-18/h2-13H,14H2,1H3,(H,27,29). The molecule has 1 N–H and O–H groups in total. The van der Waals surface area contributed by atoms with E-state index in [4.69, 9.17) is 11.6 Å². The number of hydrogen-bond donors (Lipinski definition) is 1. The molecule has 2 aromatic carbocycles. The zero-order chi connectivity index (χ0) is 22.0. The van der Waals surface area contributed by atoms with E-state index in [1.807, 2.05) is 13.0 Å². The molecule has 0 aliphatic rings. The summed E-state index contributed by atoms with van der Waals surface area (Å²) in [5.74, 6) is -0.710. The Kier molecular flexibility index (Phi) is 5.64. The molecule has 0 unspecified atom stereocenters. The third-order valence-corrected chi connectivity index (χ3v) is 5.12. The molecule has 0 saturated carbocycles. The largest absolute Gasteiger partial charge is 0.337 e. The second-order valence-electron chi connectivity index (χ2n) is 7.14. The predicted molar refractivity (Wildman–Crippen MR) is 121 cm³/mol. The Morgan fingerprint density at radius 1 is 1.03 bits per heavy atom. The van der Waals surface area contributed by atoms with Crippen molar-refractivity contribution in [3.05, 3.63) is 105 Å². The Bertz CT molecular complexity index is 1350. The van der Waals surface area contributed by atoms with Gasteiger partial charge in [-0.05, 0) is 55.5 Å². The number of carbonyl (C=O) groups excluding carboxylic acids is 2. The van der Waals surface area contributed by atoms with E-state index in [0.29, 0.717) is 27.2 Å². The van der Waals surface area contributed by atoms with E-state index in [2.05, 4.69) is 10.3 Å². The number of aromatic nitrogens is 2. The quantitative estimate of drug-likeness (QED) is 0.479. The Labute approximate surface area is 183 Å². The molecule has 4 aromatic rings. The Hall–Kier alpha value is -3.77. The lowest BCUT2D eigenvalue weighted by atomic mass is 10.0. The van der Waals surface area contributed by atoms with Gasteiger partial charge in [-0.15, -0.1) is 0 Å². The summed E-state index contributed by atoms with van der Waals surface area (Å²) in [5.41, 5.74) is 2.06. The van der Waals surface area contributed by atoms with Gasteiger partial charge < -0.3 is 9.88 Å². The SMILES string of the molecule is Cc1ccc2c(c1)c(=O)c(C(=O)c1ccncc1)cn2CC(=O)Nc1ccc(Cl)cc1.